The number of nitrogens with zero attached hydrogens (tertiary/aromatic N) is 3. The van der Waals surface area contributed by atoms with E-state index in [4.69, 9.17) is 5.26 Å². The highest BCUT2D eigenvalue weighted by Crippen LogP contribution is 2.34. The molecule has 7 nitrogen and oxygen atoms in total. The molecule has 1 aliphatic rings. The highest BCUT2D eigenvalue weighted by molar-refractivity contribution is 7.18. The van der Waals surface area contributed by atoms with Crippen molar-refractivity contribution in [3.8, 4) is 17.3 Å². The Bertz CT molecular complexity index is 1180. The van der Waals surface area contributed by atoms with Crippen LogP contribution in [0, 0.1) is 23.0 Å². The van der Waals surface area contributed by atoms with Gasteiger partial charge >= 0.3 is 0 Å². The van der Waals surface area contributed by atoms with E-state index in [0.29, 0.717) is 39.5 Å². The van der Waals surface area contributed by atoms with Crippen LogP contribution in [0.2, 0.25) is 0 Å². The third-order valence-electron chi connectivity index (χ3n) is 4.56. The monoisotopic (exact) mass is 427 g/mol. The van der Waals surface area contributed by atoms with E-state index >= 15 is 0 Å². The molecule has 2 aromatic heterocycles. The molecule has 152 valence electrons. The third kappa shape index (κ3) is 4.41. The van der Waals surface area contributed by atoms with Crippen LogP contribution >= 0.6 is 11.3 Å². The maximum Gasteiger partial charge on any atom is 0.240 e. The summed E-state index contributed by atoms with van der Waals surface area (Å²) in [6.07, 6.45) is 1.19. The van der Waals surface area contributed by atoms with Crippen LogP contribution in [0.3, 0.4) is 0 Å². The number of nitrogens with one attached hydrogen (secondary N) is 2. The van der Waals surface area contributed by atoms with E-state index in [9.17, 15) is 18.4 Å². The summed E-state index contributed by atoms with van der Waals surface area (Å²) < 4.78 is 26.9. The number of hydrogen-bond donors (Lipinski definition) is 2. The predicted octanol–water partition coefficient (Wildman–Crippen LogP) is 2.47. The fourth-order valence-corrected chi connectivity index (χ4v) is 3.81. The minimum absolute atomic E-state index is 0.0401. The predicted molar refractivity (Wildman–Crippen MR) is 105 cm³/mol. The van der Waals surface area contributed by atoms with Gasteiger partial charge in [0, 0.05) is 11.6 Å². The summed E-state index contributed by atoms with van der Waals surface area (Å²) in [6.45, 7) is -0.222. The van der Waals surface area contributed by atoms with Crippen molar-refractivity contribution in [3.63, 3.8) is 0 Å². The number of nitriles is 1. The molecule has 0 aliphatic heterocycles. The van der Waals surface area contributed by atoms with Crippen molar-refractivity contribution >= 4 is 33.5 Å². The standard InChI is InChI=1S/C20H15F2N5O2S/c21-12-5-11(6-13(22)7-12)14-1-2-15-19(26-14)30-18(25-15)8-16(28)24-9-17(29)27-20(10-23)3-4-20/h1-2,5-7H,3-4,8-9H2,(H,24,28)(H,27,29). The van der Waals surface area contributed by atoms with Gasteiger partial charge in [0.25, 0.3) is 0 Å². The minimum atomic E-state index is -0.775. The van der Waals surface area contributed by atoms with Crippen molar-refractivity contribution in [1.29, 1.82) is 5.26 Å². The van der Waals surface area contributed by atoms with E-state index in [0.717, 1.165) is 6.07 Å². The van der Waals surface area contributed by atoms with E-state index in [1.807, 2.05) is 6.07 Å². The Morgan fingerprint density at radius 2 is 1.87 bits per heavy atom. The van der Waals surface area contributed by atoms with E-state index in [-0.39, 0.29) is 13.0 Å². The molecule has 10 heteroatoms. The third-order valence-corrected chi connectivity index (χ3v) is 5.52. The molecule has 0 spiro atoms. The Morgan fingerprint density at radius 1 is 1.13 bits per heavy atom. The highest BCUT2D eigenvalue weighted by Gasteiger charge is 2.44. The van der Waals surface area contributed by atoms with Gasteiger partial charge in [-0.1, -0.05) is 11.3 Å². The van der Waals surface area contributed by atoms with Gasteiger partial charge in [0.2, 0.25) is 11.8 Å². The molecule has 0 radical (unpaired) electrons. The Kier molecular flexibility index (Phi) is 5.13. The van der Waals surface area contributed by atoms with Gasteiger partial charge in [0.1, 0.15) is 32.5 Å². The van der Waals surface area contributed by atoms with Crippen molar-refractivity contribution in [2.24, 2.45) is 0 Å². The highest BCUT2D eigenvalue weighted by atomic mass is 32.1. The number of carbonyl (C=O) groups is 2. The second-order valence-electron chi connectivity index (χ2n) is 6.98. The largest absolute Gasteiger partial charge is 0.347 e. The lowest BCUT2D eigenvalue weighted by molar-refractivity contribution is -0.126. The van der Waals surface area contributed by atoms with E-state index in [2.05, 4.69) is 20.6 Å². The maximum absolute atomic E-state index is 13.5. The zero-order valence-corrected chi connectivity index (χ0v) is 16.4. The average molecular weight is 427 g/mol. The molecule has 0 atom stereocenters. The van der Waals surface area contributed by atoms with Crippen LogP contribution < -0.4 is 10.6 Å². The zero-order chi connectivity index (χ0) is 21.3. The molecule has 1 aromatic carbocycles. The number of amides is 2. The van der Waals surface area contributed by atoms with Gasteiger partial charge in [-0.15, -0.1) is 0 Å². The molecule has 2 heterocycles. The number of thiazole rings is 1. The smallest absolute Gasteiger partial charge is 0.240 e. The average Bonchev–Trinajstić information content (AvgIpc) is 3.35. The molecule has 0 saturated heterocycles. The van der Waals surface area contributed by atoms with Crippen molar-refractivity contribution in [3.05, 3.63) is 47.0 Å². The Hall–Kier alpha value is -3.45. The van der Waals surface area contributed by atoms with E-state index < -0.39 is 29.0 Å². The lowest BCUT2D eigenvalue weighted by Gasteiger charge is -2.09. The molecule has 1 aliphatic carbocycles. The fourth-order valence-electron chi connectivity index (χ4n) is 2.88. The summed E-state index contributed by atoms with van der Waals surface area (Å²) in [5.74, 6) is -2.20. The number of benzene rings is 1. The van der Waals surface area contributed by atoms with Crippen LogP contribution in [0.1, 0.15) is 17.8 Å². The number of aromatic nitrogens is 2. The van der Waals surface area contributed by atoms with E-state index in [1.165, 1.54) is 23.5 Å². The van der Waals surface area contributed by atoms with Gasteiger partial charge in [0.05, 0.1) is 24.7 Å². The maximum atomic E-state index is 13.5. The summed E-state index contributed by atoms with van der Waals surface area (Å²) >= 11 is 1.19. The lowest BCUT2D eigenvalue weighted by Crippen LogP contribution is -2.43. The molecular formula is C20H15F2N5O2S. The van der Waals surface area contributed by atoms with Crippen LogP contribution in [0.25, 0.3) is 21.6 Å². The Labute approximate surface area is 173 Å². The first-order valence-electron chi connectivity index (χ1n) is 9.08. The zero-order valence-electron chi connectivity index (χ0n) is 15.5. The second-order valence-corrected chi connectivity index (χ2v) is 8.04. The Balaban J connectivity index is 1.40. The quantitative estimate of drug-likeness (QED) is 0.628. The van der Waals surface area contributed by atoms with Gasteiger partial charge in [-0.2, -0.15) is 5.26 Å². The van der Waals surface area contributed by atoms with Gasteiger partial charge in [-0.25, -0.2) is 18.7 Å². The van der Waals surface area contributed by atoms with Gasteiger partial charge in [-0.3, -0.25) is 9.59 Å². The molecule has 2 N–H and O–H groups in total. The van der Waals surface area contributed by atoms with Gasteiger partial charge < -0.3 is 10.6 Å². The van der Waals surface area contributed by atoms with Crippen molar-refractivity contribution in [2.45, 2.75) is 24.8 Å². The normalized spacial score (nSPS) is 14.2. The van der Waals surface area contributed by atoms with Crippen molar-refractivity contribution < 1.29 is 18.4 Å². The van der Waals surface area contributed by atoms with Crippen molar-refractivity contribution in [2.75, 3.05) is 6.54 Å². The summed E-state index contributed by atoms with van der Waals surface area (Å²) in [7, 11) is 0. The molecular weight excluding hydrogens is 412 g/mol. The van der Waals surface area contributed by atoms with Crippen LogP contribution in [-0.4, -0.2) is 33.9 Å². The summed E-state index contributed by atoms with van der Waals surface area (Å²) in [5.41, 5.74) is 0.483. The fraction of sp³-hybridized carbons (Fsp3) is 0.250. The van der Waals surface area contributed by atoms with Crippen LogP contribution in [0.5, 0.6) is 0 Å². The first kappa shape index (κ1) is 19.8. The number of hydrogen-bond acceptors (Lipinski definition) is 6. The lowest BCUT2D eigenvalue weighted by atomic mass is 10.1. The number of halogens is 2. The van der Waals surface area contributed by atoms with Gasteiger partial charge in [0.15, 0.2) is 0 Å². The number of carbonyl (C=O) groups excluding carboxylic acids is 2. The SMILES string of the molecule is N#CC1(NC(=O)CNC(=O)Cc2nc3ccc(-c4cc(F)cc(F)c4)nc3s2)CC1. The Morgan fingerprint density at radius 3 is 2.53 bits per heavy atom. The topological polar surface area (TPSA) is 108 Å². The number of rotatable bonds is 6. The molecule has 0 bridgehead atoms. The molecule has 2 amide bonds. The van der Waals surface area contributed by atoms with Gasteiger partial charge in [-0.05, 0) is 37.1 Å². The molecule has 4 rings (SSSR count). The number of fused-ring (bicyclic) bond motifs is 1. The molecule has 30 heavy (non-hydrogen) atoms. The first-order chi connectivity index (χ1) is 14.4. The van der Waals surface area contributed by atoms with Crippen LogP contribution in [-0.2, 0) is 16.0 Å². The summed E-state index contributed by atoms with van der Waals surface area (Å²) in [4.78, 5) is 33.2. The summed E-state index contributed by atoms with van der Waals surface area (Å²) in [5, 5.41) is 14.6. The molecule has 0 unspecified atom stereocenters. The molecule has 3 aromatic rings. The number of pyridine rings is 1. The van der Waals surface area contributed by atoms with Crippen LogP contribution in [0.4, 0.5) is 8.78 Å². The summed E-state index contributed by atoms with van der Waals surface area (Å²) in [6, 6.07) is 8.49. The van der Waals surface area contributed by atoms with Crippen LogP contribution in [0.15, 0.2) is 30.3 Å². The molecule has 1 saturated carbocycles. The minimum Gasteiger partial charge on any atom is -0.347 e. The first-order valence-corrected chi connectivity index (χ1v) is 9.89. The molecule has 1 fully saturated rings. The second kappa shape index (κ2) is 7.76. The van der Waals surface area contributed by atoms with Crippen molar-refractivity contribution in [1.82, 2.24) is 20.6 Å². The van der Waals surface area contributed by atoms with E-state index in [1.54, 1.807) is 12.1 Å².